The van der Waals surface area contributed by atoms with Crippen molar-refractivity contribution in [1.29, 1.82) is 0 Å². The van der Waals surface area contributed by atoms with Gasteiger partial charge >= 0.3 is 5.97 Å². The minimum absolute atomic E-state index is 0.266. The van der Waals surface area contributed by atoms with Crippen molar-refractivity contribution < 1.29 is 18.3 Å². The number of rotatable bonds is 5. The molecule has 132 valence electrons. The largest absolute Gasteiger partial charge is 0.478 e. The second-order valence-electron chi connectivity index (χ2n) is 6.00. The lowest BCUT2D eigenvalue weighted by Crippen LogP contribution is -2.48. The van der Waals surface area contributed by atoms with E-state index in [1.165, 1.54) is 4.31 Å². The third-order valence-corrected chi connectivity index (χ3v) is 6.23. The van der Waals surface area contributed by atoms with Crippen molar-refractivity contribution in [3.8, 4) is 0 Å². The van der Waals surface area contributed by atoms with E-state index in [0.717, 1.165) is 5.56 Å². The summed E-state index contributed by atoms with van der Waals surface area (Å²) in [6, 6.07) is 15.3. The van der Waals surface area contributed by atoms with Crippen LogP contribution < -0.4 is 0 Å². The highest BCUT2D eigenvalue weighted by Crippen LogP contribution is 2.18. The number of hydrogen-bond donors (Lipinski definition) is 1. The van der Waals surface area contributed by atoms with Crippen molar-refractivity contribution in [3.63, 3.8) is 0 Å². The van der Waals surface area contributed by atoms with Crippen LogP contribution in [0.4, 0.5) is 0 Å². The first-order valence-electron chi connectivity index (χ1n) is 8.06. The molecule has 0 unspecified atom stereocenters. The lowest BCUT2D eigenvalue weighted by atomic mass is 10.1. The van der Waals surface area contributed by atoms with Gasteiger partial charge in [0.05, 0.1) is 10.5 Å². The fourth-order valence-electron chi connectivity index (χ4n) is 2.88. The minimum atomic E-state index is -3.43. The van der Waals surface area contributed by atoms with Crippen molar-refractivity contribution >= 4 is 16.0 Å². The van der Waals surface area contributed by atoms with Gasteiger partial charge in [-0.25, -0.2) is 13.2 Å². The lowest BCUT2D eigenvalue weighted by molar-refractivity contribution is 0.0697. The summed E-state index contributed by atoms with van der Waals surface area (Å²) in [5.41, 5.74) is 1.28. The molecule has 1 heterocycles. The van der Waals surface area contributed by atoms with Crippen LogP contribution in [0.5, 0.6) is 0 Å². The molecule has 1 aliphatic heterocycles. The average Bonchev–Trinajstić information content (AvgIpc) is 2.63. The smallest absolute Gasteiger partial charge is 0.335 e. The first-order chi connectivity index (χ1) is 12.0. The summed E-state index contributed by atoms with van der Waals surface area (Å²) in [5.74, 6) is -0.939. The first-order valence-corrected chi connectivity index (χ1v) is 9.50. The van der Waals surface area contributed by atoms with Gasteiger partial charge in [0.1, 0.15) is 0 Å². The molecule has 25 heavy (non-hydrogen) atoms. The predicted octanol–water partition coefficient (Wildman–Crippen LogP) is 1.89. The van der Waals surface area contributed by atoms with Crippen LogP contribution in [-0.2, 0) is 16.6 Å². The Morgan fingerprint density at radius 3 is 2.08 bits per heavy atom. The Morgan fingerprint density at radius 1 is 0.920 bits per heavy atom. The zero-order valence-electron chi connectivity index (χ0n) is 13.7. The van der Waals surface area contributed by atoms with Gasteiger partial charge in [0.25, 0.3) is 0 Å². The van der Waals surface area contributed by atoms with Gasteiger partial charge in [0.2, 0.25) is 10.0 Å². The molecule has 1 saturated heterocycles. The molecule has 0 amide bonds. The SMILES string of the molecule is O=C(O)c1ccc(CN2CCN(S(=O)(=O)c3ccccc3)CC2)cc1. The maximum Gasteiger partial charge on any atom is 0.335 e. The maximum atomic E-state index is 12.6. The van der Waals surface area contributed by atoms with E-state index in [-0.39, 0.29) is 5.56 Å². The van der Waals surface area contributed by atoms with E-state index >= 15 is 0 Å². The standard InChI is InChI=1S/C18H20N2O4S/c21-18(22)16-8-6-15(7-9-16)14-19-10-12-20(13-11-19)25(23,24)17-4-2-1-3-5-17/h1-9H,10-14H2,(H,21,22). The molecule has 2 aromatic rings. The number of aromatic carboxylic acids is 1. The molecule has 0 spiro atoms. The summed E-state index contributed by atoms with van der Waals surface area (Å²) in [4.78, 5) is 13.4. The molecule has 1 fully saturated rings. The summed E-state index contributed by atoms with van der Waals surface area (Å²) in [6.45, 7) is 2.87. The Balaban J connectivity index is 1.59. The van der Waals surface area contributed by atoms with Crippen molar-refractivity contribution in [2.24, 2.45) is 0 Å². The van der Waals surface area contributed by atoms with Crippen LogP contribution in [0.1, 0.15) is 15.9 Å². The summed E-state index contributed by atoms with van der Waals surface area (Å²) in [6.07, 6.45) is 0. The van der Waals surface area contributed by atoms with E-state index < -0.39 is 16.0 Å². The molecule has 2 aromatic carbocycles. The predicted molar refractivity (Wildman–Crippen MR) is 93.9 cm³/mol. The molecule has 0 aromatic heterocycles. The molecule has 7 heteroatoms. The zero-order valence-corrected chi connectivity index (χ0v) is 14.5. The Labute approximate surface area is 147 Å². The van der Waals surface area contributed by atoms with E-state index in [2.05, 4.69) is 4.90 Å². The van der Waals surface area contributed by atoms with E-state index in [1.54, 1.807) is 54.6 Å². The van der Waals surface area contributed by atoms with E-state index in [4.69, 9.17) is 5.11 Å². The summed E-state index contributed by atoms with van der Waals surface area (Å²) >= 11 is 0. The second kappa shape index (κ2) is 7.35. The summed E-state index contributed by atoms with van der Waals surface area (Å²) in [7, 11) is -3.43. The molecule has 0 aliphatic carbocycles. The Hall–Kier alpha value is -2.22. The van der Waals surface area contributed by atoms with Crippen LogP contribution in [0.25, 0.3) is 0 Å². The van der Waals surface area contributed by atoms with E-state index in [9.17, 15) is 13.2 Å². The molecule has 1 aliphatic rings. The molecule has 1 N–H and O–H groups in total. The minimum Gasteiger partial charge on any atom is -0.478 e. The van der Waals surface area contributed by atoms with Gasteiger partial charge in [-0.2, -0.15) is 4.31 Å². The molecule has 0 saturated carbocycles. The molecule has 0 atom stereocenters. The zero-order chi connectivity index (χ0) is 17.9. The topological polar surface area (TPSA) is 77.9 Å². The third kappa shape index (κ3) is 4.07. The fraction of sp³-hybridized carbons (Fsp3) is 0.278. The Bertz CT molecular complexity index is 827. The fourth-order valence-corrected chi connectivity index (χ4v) is 4.32. The van der Waals surface area contributed by atoms with Crippen LogP contribution in [-0.4, -0.2) is 54.9 Å². The molecular formula is C18H20N2O4S. The van der Waals surface area contributed by atoms with Gasteiger partial charge in [-0.1, -0.05) is 30.3 Å². The number of piperazine rings is 1. The highest BCUT2D eigenvalue weighted by Gasteiger charge is 2.28. The van der Waals surface area contributed by atoms with Crippen molar-refractivity contribution in [1.82, 2.24) is 9.21 Å². The summed E-state index contributed by atoms with van der Waals surface area (Å²) in [5, 5.41) is 8.92. The van der Waals surface area contributed by atoms with Gasteiger partial charge in [-0.15, -0.1) is 0 Å². The van der Waals surface area contributed by atoms with Crippen molar-refractivity contribution in [2.75, 3.05) is 26.2 Å². The Morgan fingerprint density at radius 2 is 1.52 bits per heavy atom. The number of hydrogen-bond acceptors (Lipinski definition) is 4. The van der Waals surface area contributed by atoms with Gasteiger partial charge in [0, 0.05) is 32.7 Å². The lowest BCUT2D eigenvalue weighted by Gasteiger charge is -2.34. The second-order valence-corrected chi connectivity index (χ2v) is 7.93. The molecule has 3 rings (SSSR count). The van der Waals surface area contributed by atoms with Crippen LogP contribution >= 0.6 is 0 Å². The quantitative estimate of drug-likeness (QED) is 0.881. The van der Waals surface area contributed by atoms with Gasteiger partial charge < -0.3 is 5.11 Å². The van der Waals surface area contributed by atoms with Gasteiger partial charge in [-0.05, 0) is 29.8 Å². The number of nitrogens with zero attached hydrogens (tertiary/aromatic N) is 2. The van der Waals surface area contributed by atoms with Crippen molar-refractivity contribution in [2.45, 2.75) is 11.4 Å². The monoisotopic (exact) mass is 360 g/mol. The van der Waals surface area contributed by atoms with Crippen LogP contribution in [0, 0.1) is 0 Å². The van der Waals surface area contributed by atoms with Crippen LogP contribution in [0.2, 0.25) is 0 Å². The number of benzene rings is 2. The normalized spacial score (nSPS) is 16.6. The number of sulfonamides is 1. The average molecular weight is 360 g/mol. The molecular weight excluding hydrogens is 340 g/mol. The van der Waals surface area contributed by atoms with Crippen molar-refractivity contribution in [3.05, 3.63) is 65.7 Å². The third-order valence-electron chi connectivity index (χ3n) is 4.32. The number of carbonyl (C=O) groups is 1. The van der Waals surface area contributed by atoms with Gasteiger partial charge in [-0.3, -0.25) is 4.90 Å². The highest BCUT2D eigenvalue weighted by atomic mass is 32.2. The van der Waals surface area contributed by atoms with Gasteiger partial charge in [0.15, 0.2) is 0 Å². The summed E-state index contributed by atoms with van der Waals surface area (Å²) < 4.78 is 26.7. The Kier molecular flexibility index (Phi) is 5.17. The first kappa shape index (κ1) is 17.6. The highest BCUT2D eigenvalue weighted by molar-refractivity contribution is 7.89. The van der Waals surface area contributed by atoms with Crippen LogP contribution in [0.3, 0.4) is 0 Å². The van der Waals surface area contributed by atoms with E-state index in [1.807, 2.05) is 0 Å². The molecule has 6 nitrogen and oxygen atoms in total. The number of carboxylic acids is 1. The number of carboxylic acid groups (broad SMARTS) is 1. The molecule has 0 bridgehead atoms. The maximum absolute atomic E-state index is 12.6. The molecule has 0 radical (unpaired) electrons. The van der Waals surface area contributed by atoms with E-state index in [0.29, 0.717) is 37.6 Å². The van der Waals surface area contributed by atoms with Crippen LogP contribution in [0.15, 0.2) is 59.5 Å².